The number of rotatable bonds is 3. The highest BCUT2D eigenvalue weighted by Crippen LogP contribution is 2.31. The predicted octanol–water partition coefficient (Wildman–Crippen LogP) is 1.81. The molecule has 92 valence electrons. The molecule has 1 aliphatic rings. The number of nitrogens with one attached hydrogen (secondary N) is 1. The van der Waals surface area contributed by atoms with Gasteiger partial charge in [-0.15, -0.1) is 0 Å². The summed E-state index contributed by atoms with van der Waals surface area (Å²) >= 11 is 0. The minimum atomic E-state index is -0.497. The summed E-state index contributed by atoms with van der Waals surface area (Å²) in [4.78, 5) is 11.7. The lowest BCUT2D eigenvalue weighted by Crippen LogP contribution is -2.34. The third kappa shape index (κ3) is 2.67. The molecule has 3 nitrogen and oxygen atoms in total. The average molecular weight is 233 g/mol. The Morgan fingerprint density at radius 1 is 1.47 bits per heavy atom. The van der Waals surface area contributed by atoms with E-state index in [0.29, 0.717) is 18.8 Å². The number of benzene rings is 1. The van der Waals surface area contributed by atoms with Crippen LogP contribution in [0.25, 0.3) is 0 Å². The summed E-state index contributed by atoms with van der Waals surface area (Å²) in [6.45, 7) is 4.03. The monoisotopic (exact) mass is 233 g/mol. The van der Waals surface area contributed by atoms with Gasteiger partial charge in [-0.05, 0) is 17.0 Å². The molecule has 2 N–H and O–H groups in total. The van der Waals surface area contributed by atoms with Crippen molar-refractivity contribution in [3.8, 4) is 0 Å². The van der Waals surface area contributed by atoms with Crippen molar-refractivity contribution in [2.24, 2.45) is 5.92 Å². The lowest BCUT2D eigenvalue weighted by atomic mass is 10.1. The summed E-state index contributed by atoms with van der Waals surface area (Å²) in [6, 6.07) is 7.65. The fourth-order valence-electron chi connectivity index (χ4n) is 2.35. The zero-order valence-corrected chi connectivity index (χ0v) is 10.3. The smallest absolute Gasteiger partial charge is 0.220 e. The molecule has 2 atom stereocenters. The highest BCUT2D eigenvalue weighted by molar-refractivity contribution is 5.77. The molecule has 0 saturated heterocycles. The van der Waals surface area contributed by atoms with Gasteiger partial charge in [-0.3, -0.25) is 4.79 Å². The molecular formula is C14H19NO2. The molecule has 0 spiro atoms. The van der Waals surface area contributed by atoms with Gasteiger partial charge in [0.15, 0.2) is 0 Å². The SMILES string of the molecule is CC(C)CC(=O)N[C@H]1c2ccccc2C[C@H]1O. The van der Waals surface area contributed by atoms with Gasteiger partial charge >= 0.3 is 0 Å². The Morgan fingerprint density at radius 2 is 2.18 bits per heavy atom. The Labute approximate surface area is 102 Å². The number of amides is 1. The Balaban J connectivity index is 2.09. The molecule has 1 aromatic carbocycles. The number of aliphatic hydroxyl groups excluding tert-OH is 1. The molecule has 1 amide bonds. The van der Waals surface area contributed by atoms with Crippen molar-refractivity contribution < 1.29 is 9.90 Å². The number of carbonyl (C=O) groups is 1. The van der Waals surface area contributed by atoms with Crippen LogP contribution in [0.3, 0.4) is 0 Å². The topological polar surface area (TPSA) is 49.3 Å². The Kier molecular flexibility index (Phi) is 3.48. The Bertz CT molecular complexity index is 414. The van der Waals surface area contributed by atoms with E-state index in [1.54, 1.807) is 0 Å². The first-order valence-electron chi connectivity index (χ1n) is 6.13. The Hall–Kier alpha value is -1.35. The van der Waals surface area contributed by atoms with E-state index in [0.717, 1.165) is 11.1 Å². The van der Waals surface area contributed by atoms with Crippen LogP contribution in [0.5, 0.6) is 0 Å². The van der Waals surface area contributed by atoms with Crippen LogP contribution in [0.1, 0.15) is 37.4 Å². The maximum Gasteiger partial charge on any atom is 0.220 e. The van der Waals surface area contributed by atoms with Crippen molar-refractivity contribution in [3.05, 3.63) is 35.4 Å². The van der Waals surface area contributed by atoms with Gasteiger partial charge in [0.1, 0.15) is 0 Å². The first-order valence-corrected chi connectivity index (χ1v) is 6.13. The van der Waals surface area contributed by atoms with Crippen molar-refractivity contribution in [3.63, 3.8) is 0 Å². The fraction of sp³-hybridized carbons (Fsp3) is 0.500. The number of fused-ring (bicyclic) bond motifs is 1. The molecule has 1 aliphatic carbocycles. The second-order valence-electron chi connectivity index (χ2n) is 5.11. The molecule has 17 heavy (non-hydrogen) atoms. The summed E-state index contributed by atoms with van der Waals surface area (Å²) in [5.41, 5.74) is 2.19. The third-order valence-electron chi connectivity index (χ3n) is 3.11. The van der Waals surface area contributed by atoms with Crippen LogP contribution in [0.4, 0.5) is 0 Å². The van der Waals surface area contributed by atoms with Gasteiger partial charge in [0.05, 0.1) is 12.1 Å². The second-order valence-corrected chi connectivity index (χ2v) is 5.11. The first kappa shape index (κ1) is 12.1. The molecule has 0 saturated carbocycles. The summed E-state index contributed by atoms with van der Waals surface area (Å²) < 4.78 is 0. The number of hydrogen-bond acceptors (Lipinski definition) is 2. The van der Waals surface area contributed by atoms with E-state index < -0.39 is 6.10 Å². The minimum absolute atomic E-state index is 0.0146. The quantitative estimate of drug-likeness (QED) is 0.836. The van der Waals surface area contributed by atoms with Crippen LogP contribution in [-0.2, 0) is 11.2 Å². The molecule has 3 heteroatoms. The van der Waals surface area contributed by atoms with Gasteiger partial charge in [0.25, 0.3) is 0 Å². The van der Waals surface area contributed by atoms with Crippen LogP contribution in [0.15, 0.2) is 24.3 Å². The summed E-state index contributed by atoms with van der Waals surface area (Å²) in [5.74, 6) is 0.351. The van der Waals surface area contributed by atoms with E-state index in [9.17, 15) is 9.90 Å². The van der Waals surface area contributed by atoms with Crippen LogP contribution < -0.4 is 5.32 Å². The van der Waals surface area contributed by atoms with Crippen molar-refractivity contribution in [1.29, 1.82) is 0 Å². The maximum absolute atomic E-state index is 11.7. The van der Waals surface area contributed by atoms with Crippen LogP contribution in [0, 0.1) is 5.92 Å². The maximum atomic E-state index is 11.7. The molecule has 0 fully saturated rings. The van der Waals surface area contributed by atoms with Gasteiger partial charge in [0.2, 0.25) is 5.91 Å². The van der Waals surface area contributed by atoms with E-state index in [4.69, 9.17) is 0 Å². The second kappa shape index (κ2) is 4.88. The summed E-state index contributed by atoms with van der Waals surface area (Å²) in [6.07, 6.45) is 0.636. The normalized spacial score (nSPS) is 22.6. The third-order valence-corrected chi connectivity index (χ3v) is 3.11. The molecule has 0 radical (unpaired) electrons. The summed E-state index contributed by atoms with van der Waals surface area (Å²) in [7, 11) is 0. The minimum Gasteiger partial charge on any atom is -0.390 e. The average Bonchev–Trinajstić information content (AvgIpc) is 2.55. The van der Waals surface area contributed by atoms with Gasteiger partial charge in [0, 0.05) is 12.8 Å². The highest BCUT2D eigenvalue weighted by atomic mass is 16.3. The Morgan fingerprint density at radius 3 is 2.88 bits per heavy atom. The van der Waals surface area contributed by atoms with Crippen LogP contribution in [-0.4, -0.2) is 17.1 Å². The van der Waals surface area contributed by atoms with Gasteiger partial charge < -0.3 is 10.4 Å². The van der Waals surface area contributed by atoms with Crippen molar-refractivity contribution in [2.45, 2.75) is 38.8 Å². The van der Waals surface area contributed by atoms with E-state index in [1.165, 1.54) is 0 Å². The highest BCUT2D eigenvalue weighted by Gasteiger charge is 2.31. The molecule has 0 unspecified atom stereocenters. The molecule has 0 bridgehead atoms. The first-order chi connectivity index (χ1) is 8.08. The molecular weight excluding hydrogens is 214 g/mol. The van der Waals surface area contributed by atoms with Crippen molar-refractivity contribution >= 4 is 5.91 Å². The van der Waals surface area contributed by atoms with E-state index in [2.05, 4.69) is 5.32 Å². The number of carbonyl (C=O) groups excluding carboxylic acids is 1. The number of aliphatic hydroxyl groups is 1. The largest absolute Gasteiger partial charge is 0.390 e. The molecule has 2 rings (SSSR count). The van der Waals surface area contributed by atoms with E-state index in [1.807, 2.05) is 38.1 Å². The van der Waals surface area contributed by atoms with Gasteiger partial charge in [-0.2, -0.15) is 0 Å². The molecule has 0 aliphatic heterocycles. The van der Waals surface area contributed by atoms with Crippen molar-refractivity contribution in [2.75, 3.05) is 0 Å². The predicted molar refractivity (Wildman–Crippen MR) is 66.5 cm³/mol. The van der Waals surface area contributed by atoms with Crippen molar-refractivity contribution in [1.82, 2.24) is 5.32 Å². The van der Waals surface area contributed by atoms with E-state index >= 15 is 0 Å². The van der Waals surface area contributed by atoms with Gasteiger partial charge in [-0.1, -0.05) is 38.1 Å². The zero-order valence-electron chi connectivity index (χ0n) is 10.3. The van der Waals surface area contributed by atoms with Crippen LogP contribution in [0.2, 0.25) is 0 Å². The number of hydrogen-bond donors (Lipinski definition) is 2. The molecule has 1 aromatic rings. The standard InChI is InChI=1S/C14H19NO2/c1-9(2)7-13(17)15-14-11-6-4-3-5-10(11)8-12(14)16/h3-6,9,12,14,16H,7-8H2,1-2H3,(H,15,17)/t12-,14+/m1/s1. The fourth-order valence-corrected chi connectivity index (χ4v) is 2.35. The van der Waals surface area contributed by atoms with E-state index in [-0.39, 0.29) is 11.9 Å². The lowest BCUT2D eigenvalue weighted by molar-refractivity contribution is -0.123. The van der Waals surface area contributed by atoms with Gasteiger partial charge in [-0.25, -0.2) is 0 Å². The zero-order chi connectivity index (χ0) is 12.4. The summed E-state index contributed by atoms with van der Waals surface area (Å²) in [5, 5.41) is 12.9. The molecule has 0 heterocycles. The van der Waals surface area contributed by atoms with Crippen LogP contribution >= 0.6 is 0 Å². The molecule has 0 aromatic heterocycles. The lowest BCUT2D eigenvalue weighted by Gasteiger charge is -2.18.